The van der Waals surface area contributed by atoms with Crippen LogP contribution < -0.4 is 5.32 Å². The van der Waals surface area contributed by atoms with Crippen LogP contribution in [0.5, 0.6) is 0 Å². The molecule has 1 aliphatic rings. The summed E-state index contributed by atoms with van der Waals surface area (Å²) >= 11 is 0. The number of carbonyl (C=O) groups is 1. The van der Waals surface area contributed by atoms with Crippen molar-refractivity contribution in [3.05, 3.63) is 0 Å². The summed E-state index contributed by atoms with van der Waals surface area (Å²) in [6.45, 7) is 9.90. The molecule has 20 heavy (non-hydrogen) atoms. The van der Waals surface area contributed by atoms with Crippen molar-refractivity contribution >= 4 is 5.97 Å². The van der Waals surface area contributed by atoms with Crippen LogP contribution in [0.15, 0.2) is 0 Å². The summed E-state index contributed by atoms with van der Waals surface area (Å²) in [6, 6.07) is 1.41. The van der Waals surface area contributed by atoms with Crippen LogP contribution in [0.1, 0.15) is 59.8 Å². The predicted octanol–water partition coefficient (Wildman–Crippen LogP) is 2.57. The Kier molecular flexibility index (Phi) is 6.96. The molecule has 0 bridgehead atoms. The average molecular weight is 284 g/mol. The lowest BCUT2D eigenvalue weighted by atomic mass is 9.95. The number of esters is 1. The van der Waals surface area contributed by atoms with Gasteiger partial charge in [0.05, 0.1) is 6.61 Å². The summed E-state index contributed by atoms with van der Waals surface area (Å²) in [5.74, 6) is -0.135. The first kappa shape index (κ1) is 17.4. The van der Waals surface area contributed by atoms with E-state index in [1.807, 2.05) is 20.9 Å². The Labute approximate surface area is 124 Å². The van der Waals surface area contributed by atoms with Gasteiger partial charge in [-0.25, -0.2) is 0 Å². The van der Waals surface area contributed by atoms with Gasteiger partial charge in [-0.1, -0.05) is 6.92 Å². The van der Waals surface area contributed by atoms with E-state index in [1.54, 1.807) is 0 Å². The fraction of sp³-hybridized carbons (Fsp3) is 0.938. The van der Waals surface area contributed by atoms with E-state index < -0.39 is 5.54 Å². The van der Waals surface area contributed by atoms with Gasteiger partial charge in [0.15, 0.2) is 0 Å². The Morgan fingerprint density at radius 3 is 2.65 bits per heavy atom. The number of hydrogen-bond donors (Lipinski definition) is 1. The molecule has 0 aromatic rings. The molecule has 0 aromatic heterocycles. The van der Waals surface area contributed by atoms with Gasteiger partial charge in [0.2, 0.25) is 0 Å². The smallest absolute Gasteiger partial charge is 0.326 e. The van der Waals surface area contributed by atoms with Gasteiger partial charge in [0.25, 0.3) is 0 Å². The monoisotopic (exact) mass is 284 g/mol. The highest BCUT2D eigenvalue weighted by Crippen LogP contribution is 2.27. The zero-order valence-electron chi connectivity index (χ0n) is 13.9. The Hall–Kier alpha value is -0.610. The molecular formula is C16H32N2O2. The second-order valence-corrected chi connectivity index (χ2v) is 6.13. The van der Waals surface area contributed by atoms with E-state index in [0.717, 1.165) is 25.4 Å². The Morgan fingerprint density at radius 1 is 1.40 bits per heavy atom. The number of nitrogens with zero attached hydrogens (tertiary/aromatic N) is 1. The minimum atomic E-state index is -0.555. The van der Waals surface area contributed by atoms with Gasteiger partial charge in [0, 0.05) is 12.1 Å². The number of rotatable bonds is 8. The molecule has 1 N–H and O–H groups in total. The summed E-state index contributed by atoms with van der Waals surface area (Å²) in [4.78, 5) is 14.6. The number of nitrogens with one attached hydrogen (secondary N) is 1. The largest absolute Gasteiger partial charge is 0.465 e. The van der Waals surface area contributed by atoms with Crippen LogP contribution in [-0.2, 0) is 9.53 Å². The van der Waals surface area contributed by atoms with Crippen molar-refractivity contribution in [3.63, 3.8) is 0 Å². The zero-order valence-corrected chi connectivity index (χ0v) is 13.9. The van der Waals surface area contributed by atoms with Crippen molar-refractivity contribution in [1.29, 1.82) is 0 Å². The Morgan fingerprint density at radius 2 is 2.10 bits per heavy atom. The Balaban J connectivity index is 2.46. The molecule has 118 valence electrons. The van der Waals surface area contributed by atoms with Gasteiger partial charge in [-0.05, 0) is 66.5 Å². The number of likely N-dealkylation sites (tertiary alicyclic amines) is 1. The highest BCUT2D eigenvalue weighted by Gasteiger charge is 2.34. The van der Waals surface area contributed by atoms with Gasteiger partial charge in [-0.2, -0.15) is 0 Å². The molecule has 1 fully saturated rings. The Bertz CT molecular complexity index is 309. The third kappa shape index (κ3) is 4.19. The van der Waals surface area contributed by atoms with E-state index in [0.29, 0.717) is 12.6 Å². The number of likely N-dealkylation sites (N-methyl/N-ethyl adjacent to an activating group) is 1. The lowest BCUT2D eigenvalue weighted by Gasteiger charge is -2.31. The predicted molar refractivity (Wildman–Crippen MR) is 82.8 cm³/mol. The fourth-order valence-electron chi connectivity index (χ4n) is 3.20. The zero-order chi connectivity index (χ0) is 15.2. The molecule has 0 spiro atoms. The fourth-order valence-corrected chi connectivity index (χ4v) is 3.20. The maximum Gasteiger partial charge on any atom is 0.326 e. The van der Waals surface area contributed by atoms with Gasteiger partial charge in [-0.15, -0.1) is 0 Å². The molecule has 4 heteroatoms. The van der Waals surface area contributed by atoms with E-state index in [4.69, 9.17) is 4.74 Å². The highest BCUT2D eigenvalue weighted by molar-refractivity contribution is 5.80. The molecule has 0 saturated carbocycles. The van der Waals surface area contributed by atoms with Crippen LogP contribution in [-0.4, -0.2) is 48.7 Å². The van der Waals surface area contributed by atoms with Gasteiger partial charge >= 0.3 is 5.97 Å². The van der Waals surface area contributed by atoms with Crippen molar-refractivity contribution in [3.8, 4) is 0 Å². The molecule has 1 heterocycles. The molecule has 0 aromatic carbocycles. The molecule has 0 aliphatic carbocycles. The quantitative estimate of drug-likeness (QED) is 0.696. The van der Waals surface area contributed by atoms with E-state index in [-0.39, 0.29) is 5.97 Å². The number of ether oxygens (including phenoxy) is 1. The molecule has 1 rings (SSSR count). The van der Waals surface area contributed by atoms with Crippen molar-refractivity contribution < 1.29 is 9.53 Å². The molecule has 3 atom stereocenters. The molecule has 4 nitrogen and oxygen atoms in total. The molecule has 3 unspecified atom stereocenters. The third-order valence-corrected chi connectivity index (χ3v) is 4.79. The molecule has 1 saturated heterocycles. The van der Waals surface area contributed by atoms with E-state index >= 15 is 0 Å². The topological polar surface area (TPSA) is 41.6 Å². The molecule has 1 aliphatic heterocycles. The summed E-state index contributed by atoms with van der Waals surface area (Å²) in [5.41, 5.74) is -0.555. The second-order valence-electron chi connectivity index (χ2n) is 6.13. The van der Waals surface area contributed by atoms with Crippen LogP contribution in [0.25, 0.3) is 0 Å². The maximum absolute atomic E-state index is 12.0. The summed E-state index contributed by atoms with van der Waals surface area (Å²) in [6.07, 6.45) is 5.70. The first-order valence-corrected chi connectivity index (χ1v) is 8.10. The first-order chi connectivity index (χ1) is 9.48. The number of carbonyl (C=O) groups excluding carboxylic acids is 1. The average Bonchev–Trinajstić information content (AvgIpc) is 2.79. The van der Waals surface area contributed by atoms with Gasteiger partial charge in [-0.3, -0.25) is 9.69 Å². The van der Waals surface area contributed by atoms with Crippen LogP contribution in [0.4, 0.5) is 0 Å². The summed E-state index contributed by atoms with van der Waals surface area (Å²) < 4.78 is 5.17. The minimum absolute atomic E-state index is 0.135. The van der Waals surface area contributed by atoms with Crippen molar-refractivity contribution in [2.45, 2.75) is 77.4 Å². The minimum Gasteiger partial charge on any atom is -0.465 e. The van der Waals surface area contributed by atoms with Crippen LogP contribution in [0.3, 0.4) is 0 Å². The lowest BCUT2D eigenvalue weighted by molar-refractivity contribution is -0.150. The van der Waals surface area contributed by atoms with Crippen LogP contribution in [0.2, 0.25) is 0 Å². The van der Waals surface area contributed by atoms with Crippen molar-refractivity contribution in [1.82, 2.24) is 10.2 Å². The molecular weight excluding hydrogens is 252 g/mol. The first-order valence-electron chi connectivity index (χ1n) is 8.10. The van der Waals surface area contributed by atoms with E-state index in [2.05, 4.69) is 24.1 Å². The maximum atomic E-state index is 12.0. The van der Waals surface area contributed by atoms with Crippen LogP contribution >= 0.6 is 0 Å². The summed E-state index contributed by atoms with van der Waals surface area (Å²) in [5, 5.41) is 3.13. The molecule has 0 radical (unpaired) electrons. The second kappa shape index (κ2) is 7.99. The lowest BCUT2D eigenvalue weighted by Crippen LogP contribution is -2.49. The van der Waals surface area contributed by atoms with Crippen molar-refractivity contribution in [2.24, 2.45) is 0 Å². The van der Waals surface area contributed by atoms with Crippen molar-refractivity contribution in [2.75, 3.05) is 20.2 Å². The number of hydrogen-bond acceptors (Lipinski definition) is 4. The van der Waals surface area contributed by atoms with E-state index in [1.165, 1.54) is 19.3 Å². The summed E-state index contributed by atoms with van der Waals surface area (Å²) in [7, 11) is 1.84. The van der Waals surface area contributed by atoms with Gasteiger partial charge in [0.1, 0.15) is 5.54 Å². The SMILES string of the molecule is CCOC(=O)C(C)(CCCN1C(C)CCC1CC)NC. The van der Waals surface area contributed by atoms with Crippen LogP contribution in [0, 0.1) is 0 Å². The highest BCUT2D eigenvalue weighted by atomic mass is 16.5. The third-order valence-electron chi connectivity index (χ3n) is 4.79. The normalized spacial score (nSPS) is 26.4. The van der Waals surface area contributed by atoms with E-state index in [9.17, 15) is 4.79 Å². The van der Waals surface area contributed by atoms with Gasteiger partial charge < -0.3 is 10.1 Å². The standard InChI is InChI=1S/C16H32N2O2/c1-6-14-10-9-13(3)18(14)12-8-11-16(4,17-5)15(19)20-7-2/h13-14,17H,6-12H2,1-5H3. The molecule has 0 amide bonds.